The zero-order chi connectivity index (χ0) is 13.0. The number of carbonyl (C=O) groups is 1. The second kappa shape index (κ2) is 5.45. The molecule has 1 aliphatic rings. The number of nitriles is 1. The van der Waals surface area contributed by atoms with Crippen LogP contribution in [0.2, 0.25) is 0 Å². The molecule has 1 saturated carbocycles. The molecule has 18 heavy (non-hydrogen) atoms. The first-order chi connectivity index (χ1) is 8.70. The van der Waals surface area contributed by atoms with E-state index in [1.54, 1.807) is 6.20 Å². The number of nitrogens with one attached hydrogen (secondary N) is 1. The van der Waals surface area contributed by atoms with E-state index in [1.165, 1.54) is 6.20 Å². The highest BCUT2D eigenvalue weighted by molar-refractivity contribution is 5.76. The molecule has 0 spiro atoms. The number of aromatic nitrogens is 2. The number of nitrogens with zero attached hydrogens (tertiary/aromatic N) is 3. The lowest BCUT2D eigenvalue weighted by Gasteiger charge is -2.27. The van der Waals surface area contributed by atoms with Crippen LogP contribution in [0.15, 0.2) is 12.4 Å². The van der Waals surface area contributed by atoms with Gasteiger partial charge >= 0.3 is 0 Å². The summed E-state index contributed by atoms with van der Waals surface area (Å²) in [6.45, 7) is 0. The first-order valence-electron chi connectivity index (χ1n) is 5.97. The molecule has 0 atom stereocenters. The third kappa shape index (κ3) is 2.74. The molecule has 3 N–H and O–H groups in total. The standard InChI is InChI=1S/C12H15N5O/c13-7-10-12(16-6-5-15-10)17-9-3-1-8(2-4-9)11(14)18/h5-6,8-9H,1-4H2,(H2,14,18)(H,16,17). The van der Waals surface area contributed by atoms with E-state index in [0.717, 1.165) is 25.7 Å². The van der Waals surface area contributed by atoms with Crippen molar-refractivity contribution in [2.24, 2.45) is 11.7 Å². The van der Waals surface area contributed by atoms with Gasteiger partial charge in [0.15, 0.2) is 11.5 Å². The maximum atomic E-state index is 11.1. The van der Waals surface area contributed by atoms with Crippen LogP contribution in [-0.4, -0.2) is 21.9 Å². The minimum absolute atomic E-state index is 0.0136. The van der Waals surface area contributed by atoms with E-state index < -0.39 is 0 Å². The highest BCUT2D eigenvalue weighted by atomic mass is 16.1. The van der Waals surface area contributed by atoms with E-state index in [-0.39, 0.29) is 17.9 Å². The van der Waals surface area contributed by atoms with E-state index >= 15 is 0 Å². The maximum Gasteiger partial charge on any atom is 0.220 e. The van der Waals surface area contributed by atoms with Crippen LogP contribution in [0.3, 0.4) is 0 Å². The van der Waals surface area contributed by atoms with E-state index in [2.05, 4.69) is 15.3 Å². The fourth-order valence-electron chi connectivity index (χ4n) is 2.24. The van der Waals surface area contributed by atoms with Crippen molar-refractivity contribution in [3.8, 4) is 6.07 Å². The van der Waals surface area contributed by atoms with Crippen LogP contribution in [-0.2, 0) is 4.79 Å². The topological polar surface area (TPSA) is 105 Å². The zero-order valence-electron chi connectivity index (χ0n) is 9.97. The van der Waals surface area contributed by atoms with Gasteiger partial charge in [-0.25, -0.2) is 9.97 Å². The molecule has 2 rings (SSSR count). The lowest BCUT2D eigenvalue weighted by molar-refractivity contribution is -0.122. The Labute approximate surface area is 105 Å². The Bertz CT molecular complexity index is 474. The number of nitrogens with two attached hydrogens (primary N) is 1. The van der Waals surface area contributed by atoms with Gasteiger partial charge in [0.2, 0.25) is 5.91 Å². The largest absolute Gasteiger partial charge is 0.369 e. The van der Waals surface area contributed by atoms with Crippen molar-refractivity contribution in [2.45, 2.75) is 31.7 Å². The van der Waals surface area contributed by atoms with Gasteiger partial charge in [0.1, 0.15) is 6.07 Å². The fourth-order valence-corrected chi connectivity index (χ4v) is 2.24. The number of anilines is 1. The molecule has 1 fully saturated rings. The van der Waals surface area contributed by atoms with Crippen LogP contribution in [0.1, 0.15) is 31.4 Å². The number of amides is 1. The van der Waals surface area contributed by atoms with Crippen LogP contribution in [0, 0.1) is 17.2 Å². The maximum absolute atomic E-state index is 11.1. The predicted octanol–water partition coefficient (Wildman–Crippen LogP) is 0.804. The van der Waals surface area contributed by atoms with E-state index in [1.807, 2.05) is 6.07 Å². The molecular weight excluding hydrogens is 230 g/mol. The van der Waals surface area contributed by atoms with Gasteiger partial charge in [-0.15, -0.1) is 0 Å². The van der Waals surface area contributed by atoms with Crippen LogP contribution < -0.4 is 11.1 Å². The molecule has 0 radical (unpaired) electrons. The monoisotopic (exact) mass is 245 g/mol. The van der Waals surface area contributed by atoms with E-state index in [0.29, 0.717) is 11.5 Å². The molecule has 1 aromatic rings. The van der Waals surface area contributed by atoms with Crippen molar-refractivity contribution in [3.05, 3.63) is 18.1 Å². The van der Waals surface area contributed by atoms with Crippen LogP contribution >= 0.6 is 0 Å². The van der Waals surface area contributed by atoms with Gasteiger partial charge in [-0.1, -0.05) is 0 Å². The van der Waals surface area contributed by atoms with Crippen LogP contribution in [0.4, 0.5) is 5.82 Å². The summed E-state index contributed by atoms with van der Waals surface area (Å²) < 4.78 is 0. The van der Waals surface area contributed by atoms with Crippen molar-refractivity contribution < 1.29 is 4.79 Å². The molecule has 1 aliphatic carbocycles. The average molecular weight is 245 g/mol. The van der Waals surface area contributed by atoms with Crippen molar-refractivity contribution in [1.82, 2.24) is 9.97 Å². The van der Waals surface area contributed by atoms with Crippen LogP contribution in [0.5, 0.6) is 0 Å². The Hall–Kier alpha value is -2.16. The Kier molecular flexibility index (Phi) is 3.72. The Balaban J connectivity index is 1.96. The lowest BCUT2D eigenvalue weighted by atomic mass is 9.85. The Morgan fingerprint density at radius 3 is 2.61 bits per heavy atom. The lowest BCUT2D eigenvalue weighted by Crippen LogP contribution is -2.32. The molecule has 6 heteroatoms. The fraction of sp³-hybridized carbons (Fsp3) is 0.500. The third-order valence-electron chi connectivity index (χ3n) is 3.27. The molecule has 1 heterocycles. The van der Waals surface area contributed by atoms with Gasteiger partial charge < -0.3 is 11.1 Å². The molecule has 1 amide bonds. The molecule has 1 aromatic heterocycles. The first-order valence-corrected chi connectivity index (χ1v) is 5.97. The summed E-state index contributed by atoms with van der Waals surface area (Å²) in [5, 5.41) is 12.1. The Morgan fingerprint density at radius 1 is 1.33 bits per heavy atom. The van der Waals surface area contributed by atoms with Gasteiger partial charge in [-0.2, -0.15) is 5.26 Å². The number of rotatable bonds is 3. The second-order valence-electron chi connectivity index (χ2n) is 4.46. The third-order valence-corrected chi connectivity index (χ3v) is 3.27. The summed E-state index contributed by atoms with van der Waals surface area (Å²) >= 11 is 0. The van der Waals surface area contributed by atoms with Gasteiger partial charge in [0.05, 0.1) is 0 Å². The minimum Gasteiger partial charge on any atom is -0.369 e. The molecule has 0 saturated heterocycles. The summed E-state index contributed by atoms with van der Waals surface area (Å²) in [5.41, 5.74) is 5.59. The molecular formula is C12H15N5O. The van der Waals surface area contributed by atoms with Crippen LogP contribution in [0.25, 0.3) is 0 Å². The number of carbonyl (C=O) groups excluding carboxylic acids is 1. The average Bonchev–Trinajstić information content (AvgIpc) is 2.40. The molecule has 0 unspecified atom stereocenters. The molecule has 0 bridgehead atoms. The first kappa shape index (κ1) is 12.3. The summed E-state index contributed by atoms with van der Waals surface area (Å²) in [4.78, 5) is 19.1. The van der Waals surface area contributed by atoms with E-state index in [9.17, 15) is 4.79 Å². The molecule has 0 aliphatic heterocycles. The van der Waals surface area contributed by atoms with Gasteiger partial charge in [0.25, 0.3) is 0 Å². The highest BCUT2D eigenvalue weighted by Crippen LogP contribution is 2.26. The van der Waals surface area contributed by atoms with Gasteiger partial charge in [-0.3, -0.25) is 4.79 Å². The van der Waals surface area contributed by atoms with Crippen molar-refractivity contribution in [1.29, 1.82) is 5.26 Å². The number of hydrogen-bond donors (Lipinski definition) is 2. The molecule has 94 valence electrons. The minimum atomic E-state index is -0.217. The van der Waals surface area contributed by atoms with Crippen molar-refractivity contribution in [2.75, 3.05) is 5.32 Å². The van der Waals surface area contributed by atoms with Crippen molar-refractivity contribution in [3.63, 3.8) is 0 Å². The normalized spacial score (nSPS) is 23.1. The summed E-state index contributed by atoms with van der Waals surface area (Å²) in [5.74, 6) is 0.286. The predicted molar refractivity (Wildman–Crippen MR) is 65.3 cm³/mol. The second-order valence-corrected chi connectivity index (χ2v) is 4.46. The zero-order valence-corrected chi connectivity index (χ0v) is 9.97. The Morgan fingerprint density at radius 2 is 2.00 bits per heavy atom. The quantitative estimate of drug-likeness (QED) is 0.819. The van der Waals surface area contributed by atoms with E-state index in [4.69, 9.17) is 11.0 Å². The summed E-state index contributed by atoms with van der Waals surface area (Å²) in [6.07, 6.45) is 6.33. The smallest absolute Gasteiger partial charge is 0.220 e. The molecule has 6 nitrogen and oxygen atoms in total. The van der Waals surface area contributed by atoms with Gasteiger partial charge in [-0.05, 0) is 25.7 Å². The molecule has 0 aromatic carbocycles. The SMILES string of the molecule is N#Cc1nccnc1NC1CCC(C(N)=O)CC1. The summed E-state index contributed by atoms with van der Waals surface area (Å²) in [7, 11) is 0. The highest BCUT2D eigenvalue weighted by Gasteiger charge is 2.25. The number of primary amides is 1. The van der Waals surface area contributed by atoms with Crippen molar-refractivity contribution >= 4 is 11.7 Å². The van der Waals surface area contributed by atoms with Gasteiger partial charge in [0, 0.05) is 24.4 Å². The summed E-state index contributed by atoms with van der Waals surface area (Å²) in [6, 6.07) is 2.23. The number of hydrogen-bond acceptors (Lipinski definition) is 5.